The Morgan fingerprint density at radius 2 is 2.26 bits per heavy atom. The van der Waals surface area contributed by atoms with Gasteiger partial charge < -0.3 is 4.74 Å². The molecule has 1 atom stereocenters. The summed E-state index contributed by atoms with van der Waals surface area (Å²) in [5.41, 5.74) is 1.00. The van der Waals surface area contributed by atoms with E-state index in [2.05, 4.69) is 15.7 Å². The van der Waals surface area contributed by atoms with Crippen molar-refractivity contribution in [2.24, 2.45) is 0 Å². The molecule has 0 bridgehead atoms. The predicted octanol–water partition coefficient (Wildman–Crippen LogP) is 1.61. The predicted molar refractivity (Wildman–Crippen MR) is 92.2 cm³/mol. The molecule has 0 aliphatic carbocycles. The average Bonchev–Trinajstić information content (AvgIpc) is 2.99. The highest BCUT2D eigenvalue weighted by molar-refractivity contribution is 7.89. The fourth-order valence-corrected chi connectivity index (χ4v) is 4.31. The van der Waals surface area contributed by atoms with E-state index in [1.165, 1.54) is 4.70 Å². The minimum Gasteiger partial charge on any atom is -0.378 e. The number of nitrogens with zero attached hydrogens (tertiary/aromatic N) is 2. The number of benzene rings is 1. The third-order valence-corrected chi connectivity index (χ3v) is 6.48. The van der Waals surface area contributed by atoms with Gasteiger partial charge in [-0.3, -0.25) is 4.90 Å². The van der Waals surface area contributed by atoms with Gasteiger partial charge in [-0.25, -0.2) is 18.1 Å². The van der Waals surface area contributed by atoms with Crippen molar-refractivity contribution in [1.82, 2.24) is 14.6 Å². The second-order valence-electron chi connectivity index (χ2n) is 5.44. The highest BCUT2D eigenvalue weighted by Gasteiger charge is 2.27. The number of thiazole rings is 1. The van der Waals surface area contributed by atoms with Crippen LogP contribution in [0.3, 0.4) is 0 Å². The summed E-state index contributed by atoms with van der Waals surface area (Å²) in [7, 11) is -3.14. The monoisotopic (exact) mass is 355 g/mol. The minimum atomic E-state index is -3.14. The smallest absolute Gasteiger partial charge is 0.211 e. The van der Waals surface area contributed by atoms with E-state index in [4.69, 9.17) is 9.72 Å². The molecule has 6 nitrogen and oxygen atoms in total. The van der Waals surface area contributed by atoms with Crippen LogP contribution >= 0.6 is 11.3 Å². The first-order valence-electron chi connectivity index (χ1n) is 7.73. The maximum absolute atomic E-state index is 11.5. The number of hydrogen-bond acceptors (Lipinski definition) is 6. The SMILES string of the molecule is CCS(=O)(=O)NCCN1CCOCC1c1nc2ccccc2s1. The number of morpholine rings is 1. The molecule has 2 heterocycles. The molecule has 1 aliphatic rings. The Morgan fingerprint density at radius 1 is 1.43 bits per heavy atom. The normalized spacial score (nSPS) is 20.1. The van der Waals surface area contributed by atoms with E-state index in [1.807, 2.05) is 18.2 Å². The Hall–Kier alpha value is -1.06. The second-order valence-corrected chi connectivity index (χ2v) is 8.60. The summed E-state index contributed by atoms with van der Waals surface area (Å²) in [6.07, 6.45) is 0. The molecule has 1 N–H and O–H groups in total. The van der Waals surface area contributed by atoms with Gasteiger partial charge in [0.05, 0.1) is 35.2 Å². The number of para-hydroxylation sites is 1. The van der Waals surface area contributed by atoms with Gasteiger partial charge >= 0.3 is 0 Å². The van der Waals surface area contributed by atoms with Crippen LogP contribution in [0.5, 0.6) is 0 Å². The molecule has 0 spiro atoms. The molecular weight excluding hydrogens is 334 g/mol. The number of fused-ring (bicyclic) bond motifs is 1. The largest absolute Gasteiger partial charge is 0.378 e. The molecule has 1 unspecified atom stereocenters. The lowest BCUT2D eigenvalue weighted by atomic mass is 10.2. The summed E-state index contributed by atoms with van der Waals surface area (Å²) < 4.78 is 32.5. The maximum Gasteiger partial charge on any atom is 0.211 e. The summed E-state index contributed by atoms with van der Waals surface area (Å²) in [5.74, 6) is 0.109. The van der Waals surface area contributed by atoms with Crippen LogP contribution in [-0.2, 0) is 14.8 Å². The lowest BCUT2D eigenvalue weighted by molar-refractivity contribution is -0.00719. The number of hydrogen-bond donors (Lipinski definition) is 1. The lowest BCUT2D eigenvalue weighted by Gasteiger charge is -2.34. The molecule has 1 saturated heterocycles. The first-order chi connectivity index (χ1) is 11.1. The molecule has 0 amide bonds. The Balaban J connectivity index is 1.71. The van der Waals surface area contributed by atoms with Crippen LogP contribution in [0.1, 0.15) is 18.0 Å². The lowest BCUT2D eigenvalue weighted by Crippen LogP contribution is -2.43. The molecule has 3 rings (SSSR count). The van der Waals surface area contributed by atoms with Crippen molar-refractivity contribution < 1.29 is 13.2 Å². The van der Waals surface area contributed by atoms with Gasteiger partial charge in [-0.05, 0) is 19.1 Å². The van der Waals surface area contributed by atoms with Crippen molar-refractivity contribution in [2.45, 2.75) is 13.0 Å². The first kappa shape index (κ1) is 16.8. The van der Waals surface area contributed by atoms with Gasteiger partial charge in [0.2, 0.25) is 10.0 Å². The zero-order valence-electron chi connectivity index (χ0n) is 13.1. The summed E-state index contributed by atoms with van der Waals surface area (Å²) in [5, 5.41) is 1.03. The highest BCUT2D eigenvalue weighted by Crippen LogP contribution is 2.31. The molecule has 0 radical (unpaired) electrons. The van der Waals surface area contributed by atoms with Gasteiger partial charge in [0.1, 0.15) is 5.01 Å². The molecule has 2 aromatic rings. The van der Waals surface area contributed by atoms with Crippen LogP contribution in [-0.4, -0.2) is 56.9 Å². The number of ether oxygens (including phenoxy) is 1. The minimum absolute atomic E-state index is 0.0901. The van der Waals surface area contributed by atoms with Crippen LogP contribution in [0.25, 0.3) is 10.2 Å². The van der Waals surface area contributed by atoms with Crippen molar-refractivity contribution in [3.05, 3.63) is 29.3 Å². The molecule has 1 aliphatic heterocycles. The van der Waals surface area contributed by atoms with E-state index in [0.29, 0.717) is 26.3 Å². The topological polar surface area (TPSA) is 71.5 Å². The third-order valence-electron chi connectivity index (χ3n) is 3.94. The van der Waals surface area contributed by atoms with Crippen molar-refractivity contribution in [3.63, 3.8) is 0 Å². The number of aromatic nitrogens is 1. The summed E-state index contributed by atoms with van der Waals surface area (Å²) in [6.45, 7) is 4.76. The van der Waals surface area contributed by atoms with Crippen LogP contribution in [0.15, 0.2) is 24.3 Å². The zero-order chi connectivity index (χ0) is 16.3. The molecule has 0 saturated carbocycles. The van der Waals surface area contributed by atoms with E-state index in [0.717, 1.165) is 17.1 Å². The Labute approximate surface area is 140 Å². The maximum atomic E-state index is 11.5. The Morgan fingerprint density at radius 3 is 3.04 bits per heavy atom. The van der Waals surface area contributed by atoms with Gasteiger partial charge in [-0.2, -0.15) is 0 Å². The van der Waals surface area contributed by atoms with Gasteiger partial charge in [-0.15, -0.1) is 11.3 Å². The van der Waals surface area contributed by atoms with Crippen molar-refractivity contribution in [1.29, 1.82) is 0 Å². The van der Waals surface area contributed by atoms with E-state index < -0.39 is 10.0 Å². The molecule has 1 aromatic heterocycles. The van der Waals surface area contributed by atoms with Crippen LogP contribution in [0.2, 0.25) is 0 Å². The van der Waals surface area contributed by atoms with Crippen molar-refractivity contribution in [2.75, 3.05) is 38.6 Å². The second kappa shape index (κ2) is 7.23. The van der Waals surface area contributed by atoms with E-state index in [-0.39, 0.29) is 11.8 Å². The number of sulfonamides is 1. The third kappa shape index (κ3) is 4.07. The van der Waals surface area contributed by atoms with Gasteiger partial charge in [-0.1, -0.05) is 12.1 Å². The molecule has 1 fully saturated rings. The number of nitrogens with one attached hydrogen (secondary N) is 1. The van der Waals surface area contributed by atoms with Crippen LogP contribution < -0.4 is 4.72 Å². The van der Waals surface area contributed by atoms with Gasteiger partial charge in [0, 0.05) is 19.6 Å². The van der Waals surface area contributed by atoms with E-state index in [9.17, 15) is 8.42 Å². The van der Waals surface area contributed by atoms with E-state index >= 15 is 0 Å². The van der Waals surface area contributed by atoms with Crippen LogP contribution in [0.4, 0.5) is 0 Å². The van der Waals surface area contributed by atoms with Crippen LogP contribution in [0, 0.1) is 0 Å². The molecule has 8 heteroatoms. The summed E-state index contributed by atoms with van der Waals surface area (Å²) in [6, 6.07) is 8.17. The Bertz CT molecular complexity index is 727. The van der Waals surface area contributed by atoms with Crippen molar-refractivity contribution in [3.8, 4) is 0 Å². The number of rotatable bonds is 6. The highest BCUT2D eigenvalue weighted by atomic mass is 32.2. The fraction of sp³-hybridized carbons (Fsp3) is 0.533. The molecule has 23 heavy (non-hydrogen) atoms. The summed E-state index contributed by atoms with van der Waals surface area (Å²) >= 11 is 1.68. The quantitative estimate of drug-likeness (QED) is 0.852. The first-order valence-corrected chi connectivity index (χ1v) is 10.2. The van der Waals surface area contributed by atoms with E-state index in [1.54, 1.807) is 18.3 Å². The molecule has 126 valence electrons. The van der Waals surface area contributed by atoms with Crippen molar-refractivity contribution >= 4 is 31.6 Å². The average molecular weight is 355 g/mol. The van der Waals surface area contributed by atoms with Gasteiger partial charge in [0.15, 0.2) is 0 Å². The zero-order valence-corrected chi connectivity index (χ0v) is 14.7. The summed E-state index contributed by atoms with van der Waals surface area (Å²) in [4.78, 5) is 6.97. The molecule has 1 aromatic carbocycles. The fourth-order valence-electron chi connectivity index (χ4n) is 2.61. The van der Waals surface area contributed by atoms with Gasteiger partial charge in [0.25, 0.3) is 0 Å². The Kier molecular flexibility index (Phi) is 5.27. The standard InChI is InChI=1S/C15H21N3O3S2/c1-2-23(19,20)16-7-8-18-9-10-21-11-13(18)15-17-12-5-3-4-6-14(12)22-15/h3-6,13,16H,2,7-11H2,1H3. The molecular formula is C15H21N3O3S2.